The van der Waals surface area contributed by atoms with Crippen molar-refractivity contribution in [2.75, 3.05) is 0 Å². The average Bonchev–Trinajstić information content (AvgIpc) is 2.54. The summed E-state index contributed by atoms with van der Waals surface area (Å²) in [5.41, 5.74) is 0.975. The summed E-state index contributed by atoms with van der Waals surface area (Å²) in [7, 11) is 0. The van der Waals surface area contributed by atoms with Crippen LogP contribution in [0.1, 0.15) is 58.1 Å². The molecule has 1 atom stereocenters. The summed E-state index contributed by atoms with van der Waals surface area (Å²) in [6.07, 6.45) is 2.74. The van der Waals surface area contributed by atoms with Gasteiger partial charge in [-0.05, 0) is 64.2 Å². The maximum atomic E-state index is 12.2. The third kappa shape index (κ3) is 5.96. The average molecular weight is 348 g/mol. The van der Waals surface area contributed by atoms with Crippen LogP contribution in [0.5, 0.6) is 5.75 Å². The predicted molar refractivity (Wildman–Crippen MR) is 95.7 cm³/mol. The first-order chi connectivity index (χ1) is 11.8. The van der Waals surface area contributed by atoms with Gasteiger partial charge in [0, 0.05) is 6.04 Å². The zero-order valence-corrected chi connectivity index (χ0v) is 15.1. The van der Waals surface area contributed by atoms with Crippen LogP contribution in [0.25, 0.3) is 0 Å². The van der Waals surface area contributed by atoms with Crippen LogP contribution >= 0.6 is 0 Å². The Kier molecular flexibility index (Phi) is 6.67. The van der Waals surface area contributed by atoms with Crippen LogP contribution in [0.4, 0.5) is 4.79 Å². The highest BCUT2D eigenvalue weighted by Gasteiger charge is 2.26. The Morgan fingerprint density at radius 3 is 2.44 bits per heavy atom. The van der Waals surface area contributed by atoms with Crippen molar-refractivity contribution >= 4 is 12.0 Å². The lowest BCUT2D eigenvalue weighted by Crippen LogP contribution is -2.44. The minimum absolute atomic E-state index is 0.0402. The van der Waals surface area contributed by atoms with Crippen LogP contribution in [0.2, 0.25) is 0 Å². The molecule has 1 saturated carbocycles. The molecule has 25 heavy (non-hydrogen) atoms. The van der Waals surface area contributed by atoms with Gasteiger partial charge in [-0.2, -0.15) is 0 Å². The third-order valence-electron chi connectivity index (χ3n) is 4.49. The summed E-state index contributed by atoms with van der Waals surface area (Å²) in [5.74, 6) is -0.225. The monoisotopic (exact) mass is 348 g/mol. The van der Waals surface area contributed by atoms with Gasteiger partial charge in [0.15, 0.2) is 0 Å². The van der Waals surface area contributed by atoms with Crippen molar-refractivity contribution in [3.8, 4) is 5.75 Å². The smallest absolute Gasteiger partial charge is 0.315 e. The molecule has 2 rings (SSSR count). The summed E-state index contributed by atoms with van der Waals surface area (Å²) in [6.45, 7) is 5.87. The molecule has 1 aromatic rings. The first kappa shape index (κ1) is 19.1. The maximum absolute atomic E-state index is 12.2. The molecule has 0 saturated heterocycles. The van der Waals surface area contributed by atoms with Crippen molar-refractivity contribution < 1.29 is 19.4 Å². The number of carbonyl (C=O) groups excluding carboxylic acids is 1. The minimum atomic E-state index is -0.736. The quantitative estimate of drug-likeness (QED) is 0.734. The van der Waals surface area contributed by atoms with Crippen molar-refractivity contribution in [1.29, 1.82) is 0 Å². The zero-order chi connectivity index (χ0) is 18.4. The zero-order valence-electron chi connectivity index (χ0n) is 15.1. The van der Waals surface area contributed by atoms with E-state index in [0.29, 0.717) is 25.7 Å². The number of carbonyl (C=O) groups is 2. The molecule has 1 unspecified atom stereocenters. The van der Waals surface area contributed by atoms with Gasteiger partial charge in [0.05, 0.1) is 18.1 Å². The number of amides is 2. The van der Waals surface area contributed by atoms with E-state index in [-0.39, 0.29) is 30.1 Å². The highest BCUT2D eigenvalue weighted by molar-refractivity contribution is 5.75. The number of carboxylic acid groups (broad SMARTS) is 1. The molecule has 1 aliphatic rings. The molecule has 3 N–H and O–H groups in total. The van der Waals surface area contributed by atoms with Gasteiger partial charge >= 0.3 is 12.0 Å². The molecule has 1 aromatic carbocycles. The number of carboxylic acids is 1. The van der Waals surface area contributed by atoms with Crippen molar-refractivity contribution in [2.24, 2.45) is 5.92 Å². The van der Waals surface area contributed by atoms with Gasteiger partial charge in [-0.1, -0.05) is 12.1 Å². The molecular weight excluding hydrogens is 320 g/mol. The summed E-state index contributed by atoms with van der Waals surface area (Å²) in [4.78, 5) is 23.2. The molecule has 6 heteroatoms. The molecule has 138 valence electrons. The molecule has 0 spiro atoms. The van der Waals surface area contributed by atoms with E-state index in [9.17, 15) is 9.59 Å². The van der Waals surface area contributed by atoms with Gasteiger partial charge in [0.2, 0.25) is 0 Å². The molecule has 0 heterocycles. The number of aliphatic carboxylic acids is 1. The Bertz CT molecular complexity index is 595. The minimum Gasteiger partial charge on any atom is -0.491 e. The van der Waals surface area contributed by atoms with E-state index in [2.05, 4.69) is 10.6 Å². The Hall–Kier alpha value is -2.24. The third-order valence-corrected chi connectivity index (χ3v) is 4.49. The van der Waals surface area contributed by atoms with Crippen LogP contribution in [0.15, 0.2) is 24.3 Å². The van der Waals surface area contributed by atoms with Crippen molar-refractivity contribution in [3.63, 3.8) is 0 Å². The van der Waals surface area contributed by atoms with Gasteiger partial charge in [-0.15, -0.1) is 0 Å². The van der Waals surface area contributed by atoms with Crippen LogP contribution in [-0.4, -0.2) is 29.3 Å². The fourth-order valence-electron chi connectivity index (χ4n) is 3.12. The first-order valence-corrected chi connectivity index (χ1v) is 8.91. The topological polar surface area (TPSA) is 87.7 Å². The van der Waals surface area contributed by atoms with E-state index < -0.39 is 5.97 Å². The summed E-state index contributed by atoms with van der Waals surface area (Å²) < 4.78 is 5.68. The normalized spacial score (nSPS) is 21.4. The number of hydrogen-bond donors (Lipinski definition) is 3. The van der Waals surface area contributed by atoms with Gasteiger partial charge in [0.1, 0.15) is 5.75 Å². The summed E-state index contributed by atoms with van der Waals surface area (Å²) in [5, 5.41) is 14.9. The van der Waals surface area contributed by atoms with E-state index in [1.807, 2.05) is 45.0 Å². The molecule has 0 aliphatic heterocycles. The maximum Gasteiger partial charge on any atom is 0.315 e. The molecule has 2 amide bonds. The van der Waals surface area contributed by atoms with Crippen LogP contribution in [-0.2, 0) is 4.79 Å². The highest BCUT2D eigenvalue weighted by atomic mass is 16.5. The Morgan fingerprint density at radius 2 is 1.84 bits per heavy atom. The van der Waals surface area contributed by atoms with Gasteiger partial charge in [-0.3, -0.25) is 4.79 Å². The Balaban J connectivity index is 1.83. The molecule has 6 nitrogen and oxygen atoms in total. The number of rotatable bonds is 6. The molecule has 1 aliphatic carbocycles. The van der Waals surface area contributed by atoms with Crippen molar-refractivity contribution in [2.45, 2.75) is 64.6 Å². The van der Waals surface area contributed by atoms with Crippen molar-refractivity contribution in [3.05, 3.63) is 29.8 Å². The van der Waals surface area contributed by atoms with E-state index in [1.54, 1.807) is 0 Å². The number of ether oxygens (including phenoxy) is 1. The van der Waals surface area contributed by atoms with E-state index in [4.69, 9.17) is 9.84 Å². The lowest BCUT2D eigenvalue weighted by molar-refractivity contribution is -0.142. The second-order valence-corrected chi connectivity index (χ2v) is 6.97. The lowest BCUT2D eigenvalue weighted by atomic mass is 9.86. The number of urea groups is 1. The Morgan fingerprint density at radius 1 is 1.16 bits per heavy atom. The molecule has 0 aromatic heterocycles. The number of hydrogen-bond acceptors (Lipinski definition) is 3. The van der Waals surface area contributed by atoms with E-state index in [1.165, 1.54) is 0 Å². The standard InChI is InChI=1S/C19H28N2O4/c1-12(2)25-17-6-4-5-15(11-17)13(3)20-19(24)21-16-9-7-14(8-10-16)18(22)23/h4-6,11-14,16H,7-10H2,1-3H3,(H,22,23)(H2,20,21,24). The predicted octanol–water partition coefficient (Wildman–Crippen LogP) is 3.48. The summed E-state index contributed by atoms with van der Waals surface area (Å²) in [6, 6.07) is 7.37. The Labute approximate surface area is 149 Å². The SMILES string of the molecule is CC(C)Oc1cccc(C(C)NC(=O)NC2CCC(C(=O)O)CC2)c1. The second-order valence-electron chi connectivity index (χ2n) is 6.97. The van der Waals surface area contributed by atoms with Gasteiger partial charge in [0.25, 0.3) is 0 Å². The fourth-order valence-corrected chi connectivity index (χ4v) is 3.12. The van der Waals surface area contributed by atoms with Gasteiger partial charge < -0.3 is 20.5 Å². The van der Waals surface area contributed by atoms with E-state index in [0.717, 1.165) is 11.3 Å². The first-order valence-electron chi connectivity index (χ1n) is 8.91. The van der Waals surface area contributed by atoms with Crippen molar-refractivity contribution in [1.82, 2.24) is 10.6 Å². The molecule has 1 fully saturated rings. The largest absolute Gasteiger partial charge is 0.491 e. The lowest BCUT2D eigenvalue weighted by Gasteiger charge is -2.27. The fraction of sp³-hybridized carbons (Fsp3) is 0.579. The van der Waals surface area contributed by atoms with Crippen LogP contribution in [0.3, 0.4) is 0 Å². The van der Waals surface area contributed by atoms with Gasteiger partial charge in [-0.25, -0.2) is 4.79 Å². The highest BCUT2D eigenvalue weighted by Crippen LogP contribution is 2.24. The number of benzene rings is 1. The molecule has 0 radical (unpaired) electrons. The number of nitrogens with one attached hydrogen (secondary N) is 2. The molecule has 0 bridgehead atoms. The summed E-state index contributed by atoms with van der Waals surface area (Å²) >= 11 is 0. The second kappa shape index (κ2) is 8.74. The van der Waals surface area contributed by atoms with Crippen LogP contribution in [0, 0.1) is 5.92 Å². The van der Waals surface area contributed by atoms with Crippen LogP contribution < -0.4 is 15.4 Å². The van der Waals surface area contributed by atoms with E-state index >= 15 is 0 Å². The molecular formula is C19H28N2O4.